The third kappa shape index (κ3) is 2.23. The fraction of sp³-hybridized carbons (Fsp3) is 0.500. The molecule has 8 nitrogen and oxygen atoms in total. The SMILES string of the molecule is Cl.Nc1ncnc2c1ncn2[C@@H]1O[C@H](CO)C[C@H]1O. The van der Waals surface area contributed by atoms with Gasteiger partial charge in [0.15, 0.2) is 17.7 Å². The van der Waals surface area contributed by atoms with Crippen molar-refractivity contribution in [1.29, 1.82) is 0 Å². The number of hydrogen-bond acceptors (Lipinski definition) is 7. The highest BCUT2D eigenvalue weighted by atomic mass is 35.5. The van der Waals surface area contributed by atoms with E-state index in [4.69, 9.17) is 15.6 Å². The molecule has 2 aromatic heterocycles. The highest BCUT2D eigenvalue weighted by Gasteiger charge is 2.35. The number of halogens is 1. The highest BCUT2D eigenvalue weighted by molar-refractivity contribution is 5.85. The molecule has 0 aromatic carbocycles. The maximum atomic E-state index is 9.93. The van der Waals surface area contributed by atoms with Crippen molar-refractivity contribution in [3.05, 3.63) is 12.7 Å². The molecule has 1 fully saturated rings. The van der Waals surface area contributed by atoms with Crippen LogP contribution in [0.3, 0.4) is 0 Å². The van der Waals surface area contributed by atoms with E-state index >= 15 is 0 Å². The monoisotopic (exact) mass is 287 g/mol. The minimum absolute atomic E-state index is 0. The van der Waals surface area contributed by atoms with Crippen molar-refractivity contribution in [3.8, 4) is 0 Å². The zero-order valence-corrected chi connectivity index (χ0v) is 10.7. The molecule has 3 atom stereocenters. The summed E-state index contributed by atoms with van der Waals surface area (Å²) < 4.78 is 7.14. The Labute approximate surface area is 114 Å². The lowest BCUT2D eigenvalue weighted by Crippen LogP contribution is -2.19. The molecule has 0 radical (unpaired) electrons. The van der Waals surface area contributed by atoms with E-state index in [2.05, 4.69) is 15.0 Å². The summed E-state index contributed by atoms with van der Waals surface area (Å²) >= 11 is 0. The van der Waals surface area contributed by atoms with Gasteiger partial charge in [-0.05, 0) is 0 Å². The van der Waals surface area contributed by atoms with Gasteiger partial charge in [-0.25, -0.2) is 15.0 Å². The number of aliphatic hydroxyl groups is 2. The second-order valence-electron chi connectivity index (χ2n) is 4.22. The number of rotatable bonds is 2. The molecule has 2 aromatic rings. The number of aromatic nitrogens is 4. The Balaban J connectivity index is 0.00000133. The summed E-state index contributed by atoms with van der Waals surface area (Å²) in [5.74, 6) is 0.282. The zero-order valence-electron chi connectivity index (χ0n) is 9.88. The zero-order chi connectivity index (χ0) is 12.7. The van der Waals surface area contributed by atoms with Gasteiger partial charge in [-0.3, -0.25) is 4.57 Å². The fourth-order valence-corrected chi connectivity index (χ4v) is 2.15. The maximum absolute atomic E-state index is 9.93. The number of ether oxygens (including phenoxy) is 1. The lowest BCUT2D eigenvalue weighted by molar-refractivity contribution is -0.0486. The normalized spacial score (nSPS) is 26.5. The summed E-state index contributed by atoms with van der Waals surface area (Å²) in [6, 6.07) is 0. The van der Waals surface area contributed by atoms with Gasteiger partial charge in [-0.15, -0.1) is 12.4 Å². The van der Waals surface area contributed by atoms with Crippen molar-refractivity contribution in [1.82, 2.24) is 19.5 Å². The van der Waals surface area contributed by atoms with Crippen molar-refractivity contribution in [2.24, 2.45) is 0 Å². The Bertz CT molecular complexity index is 577. The van der Waals surface area contributed by atoms with E-state index in [0.717, 1.165) is 0 Å². The average Bonchev–Trinajstić information content (AvgIpc) is 2.93. The van der Waals surface area contributed by atoms with Crippen molar-refractivity contribution in [2.75, 3.05) is 12.3 Å². The van der Waals surface area contributed by atoms with Gasteiger partial charge in [0.1, 0.15) is 17.9 Å². The third-order valence-corrected chi connectivity index (χ3v) is 3.03. The number of imidazole rings is 1. The summed E-state index contributed by atoms with van der Waals surface area (Å²) in [6.45, 7) is -0.128. The third-order valence-electron chi connectivity index (χ3n) is 3.03. The Hall–Kier alpha value is -1.48. The minimum atomic E-state index is -0.712. The molecule has 0 saturated carbocycles. The van der Waals surface area contributed by atoms with Crippen LogP contribution in [0.2, 0.25) is 0 Å². The molecule has 1 saturated heterocycles. The highest BCUT2D eigenvalue weighted by Crippen LogP contribution is 2.31. The number of hydrogen-bond donors (Lipinski definition) is 3. The van der Waals surface area contributed by atoms with E-state index in [-0.39, 0.29) is 30.9 Å². The van der Waals surface area contributed by atoms with Crippen LogP contribution in [0.4, 0.5) is 5.82 Å². The van der Waals surface area contributed by atoms with Crippen LogP contribution in [0.5, 0.6) is 0 Å². The van der Waals surface area contributed by atoms with Crippen LogP contribution in [0.25, 0.3) is 11.2 Å². The predicted molar refractivity (Wildman–Crippen MR) is 68.6 cm³/mol. The van der Waals surface area contributed by atoms with Gasteiger partial charge in [-0.2, -0.15) is 0 Å². The van der Waals surface area contributed by atoms with E-state index in [9.17, 15) is 5.11 Å². The van der Waals surface area contributed by atoms with Gasteiger partial charge in [0.25, 0.3) is 0 Å². The molecular weight excluding hydrogens is 274 g/mol. The first-order chi connectivity index (χ1) is 8.70. The van der Waals surface area contributed by atoms with Gasteiger partial charge < -0.3 is 20.7 Å². The molecule has 4 N–H and O–H groups in total. The van der Waals surface area contributed by atoms with Crippen LogP contribution in [0.1, 0.15) is 12.6 Å². The Kier molecular flexibility index (Phi) is 3.85. The molecule has 0 bridgehead atoms. The molecule has 0 amide bonds. The Morgan fingerprint density at radius 3 is 2.89 bits per heavy atom. The Morgan fingerprint density at radius 1 is 1.42 bits per heavy atom. The van der Waals surface area contributed by atoms with Crippen LogP contribution in [-0.4, -0.2) is 48.5 Å². The lowest BCUT2D eigenvalue weighted by Gasteiger charge is -2.16. The van der Waals surface area contributed by atoms with Gasteiger partial charge in [0.05, 0.1) is 19.0 Å². The number of nitrogen functional groups attached to an aromatic ring is 1. The number of nitrogens with two attached hydrogens (primary N) is 1. The molecule has 3 heterocycles. The first-order valence-electron chi connectivity index (χ1n) is 5.58. The molecule has 1 aliphatic rings. The van der Waals surface area contributed by atoms with Crippen LogP contribution >= 0.6 is 12.4 Å². The lowest BCUT2D eigenvalue weighted by atomic mass is 10.2. The van der Waals surface area contributed by atoms with Gasteiger partial charge in [-0.1, -0.05) is 0 Å². The predicted octanol–water partition coefficient (Wildman–Crippen LogP) is -0.529. The number of anilines is 1. The molecular formula is C10H14ClN5O3. The number of fused-ring (bicyclic) bond motifs is 1. The van der Waals surface area contributed by atoms with E-state index in [1.54, 1.807) is 4.57 Å². The summed E-state index contributed by atoms with van der Waals surface area (Å²) in [7, 11) is 0. The molecule has 0 spiro atoms. The molecule has 0 unspecified atom stereocenters. The van der Waals surface area contributed by atoms with E-state index in [1.807, 2.05) is 0 Å². The molecule has 19 heavy (non-hydrogen) atoms. The number of nitrogens with zero attached hydrogens (tertiary/aromatic N) is 4. The second-order valence-corrected chi connectivity index (χ2v) is 4.22. The van der Waals surface area contributed by atoms with E-state index in [1.165, 1.54) is 12.7 Å². The van der Waals surface area contributed by atoms with Crippen molar-refractivity contribution >= 4 is 29.4 Å². The van der Waals surface area contributed by atoms with Crippen LogP contribution in [0, 0.1) is 0 Å². The van der Waals surface area contributed by atoms with Gasteiger partial charge in [0, 0.05) is 6.42 Å². The number of aliphatic hydroxyl groups excluding tert-OH is 2. The smallest absolute Gasteiger partial charge is 0.167 e. The van der Waals surface area contributed by atoms with Gasteiger partial charge in [0.2, 0.25) is 0 Å². The van der Waals surface area contributed by atoms with E-state index in [0.29, 0.717) is 17.6 Å². The average molecular weight is 288 g/mol. The van der Waals surface area contributed by atoms with Crippen LogP contribution in [0.15, 0.2) is 12.7 Å². The van der Waals surface area contributed by atoms with Crippen molar-refractivity contribution in [2.45, 2.75) is 24.9 Å². The standard InChI is InChI=1S/C10H13N5O3.ClH/c11-8-7-9(13-3-12-8)15(4-14-7)10-6(17)1-5(2-16)18-10;/h3-6,10,16-17H,1-2H2,(H2,11,12,13);1H/t5-,6+,10+;/m0./s1. The van der Waals surface area contributed by atoms with Crippen molar-refractivity contribution < 1.29 is 14.9 Å². The quantitative estimate of drug-likeness (QED) is 0.679. The topological polar surface area (TPSA) is 119 Å². The first kappa shape index (κ1) is 13.9. The summed E-state index contributed by atoms with van der Waals surface area (Å²) in [5.41, 5.74) is 6.66. The first-order valence-corrected chi connectivity index (χ1v) is 5.58. The molecule has 9 heteroatoms. The molecule has 1 aliphatic heterocycles. The van der Waals surface area contributed by atoms with Crippen molar-refractivity contribution in [3.63, 3.8) is 0 Å². The fourth-order valence-electron chi connectivity index (χ4n) is 2.15. The summed E-state index contributed by atoms with van der Waals surface area (Å²) in [4.78, 5) is 12.0. The minimum Gasteiger partial charge on any atom is -0.394 e. The van der Waals surface area contributed by atoms with Crippen LogP contribution < -0.4 is 5.73 Å². The molecule has 3 rings (SSSR count). The van der Waals surface area contributed by atoms with Gasteiger partial charge >= 0.3 is 0 Å². The molecule has 104 valence electrons. The second kappa shape index (κ2) is 5.25. The largest absolute Gasteiger partial charge is 0.394 e. The molecule has 0 aliphatic carbocycles. The Morgan fingerprint density at radius 2 is 2.21 bits per heavy atom. The summed E-state index contributed by atoms with van der Waals surface area (Å²) in [6.07, 6.45) is 1.52. The van der Waals surface area contributed by atoms with E-state index < -0.39 is 12.3 Å². The van der Waals surface area contributed by atoms with Crippen LogP contribution in [-0.2, 0) is 4.74 Å². The summed E-state index contributed by atoms with van der Waals surface area (Å²) in [5, 5.41) is 19.0. The maximum Gasteiger partial charge on any atom is 0.167 e.